The molecule has 1 N–H and O–H groups in total. The zero-order chi connectivity index (χ0) is 11.8. The Hall–Kier alpha value is -0.570. The zero-order valence-corrected chi connectivity index (χ0v) is 10.4. The topological polar surface area (TPSA) is 40.5 Å². The van der Waals surface area contributed by atoms with E-state index >= 15 is 0 Å². The van der Waals surface area contributed by atoms with Crippen molar-refractivity contribution < 1.29 is 9.90 Å². The molecule has 2 atom stereocenters. The minimum atomic E-state index is -0.595. The second-order valence-corrected chi connectivity index (χ2v) is 5.59. The Labute approximate surface area is 97.8 Å². The van der Waals surface area contributed by atoms with Crippen LogP contribution in [-0.2, 0) is 4.79 Å². The molecule has 0 aromatic rings. The Kier molecular flexibility index (Phi) is 3.24. The third-order valence-electron chi connectivity index (χ3n) is 4.62. The highest BCUT2D eigenvalue weighted by Gasteiger charge is 2.43. The summed E-state index contributed by atoms with van der Waals surface area (Å²) in [6.45, 7) is 6.13. The lowest BCUT2D eigenvalue weighted by atomic mass is 9.77. The Balaban J connectivity index is 2.04. The van der Waals surface area contributed by atoms with E-state index in [1.807, 2.05) is 6.92 Å². The van der Waals surface area contributed by atoms with Gasteiger partial charge in [0, 0.05) is 12.6 Å². The Bertz CT molecular complexity index is 275. The highest BCUT2D eigenvalue weighted by Crippen LogP contribution is 2.40. The van der Waals surface area contributed by atoms with Gasteiger partial charge in [0.2, 0.25) is 0 Å². The number of nitrogens with zero attached hydrogens (tertiary/aromatic N) is 1. The Morgan fingerprint density at radius 1 is 1.56 bits per heavy atom. The van der Waals surface area contributed by atoms with Crippen molar-refractivity contribution in [3.8, 4) is 0 Å². The van der Waals surface area contributed by atoms with E-state index in [1.165, 1.54) is 12.8 Å². The maximum atomic E-state index is 11.4. The van der Waals surface area contributed by atoms with Crippen molar-refractivity contribution >= 4 is 5.97 Å². The van der Waals surface area contributed by atoms with E-state index in [2.05, 4.69) is 11.8 Å². The van der Waals surface area contributed by atoms with Crippen LogP contribution in [0.4, 0.5) is 0 Å². The van der Waals surface area contributed by atoms with E-state index in [0.29, 0.717) is 6.04 Å². The molecular weight excluding hydrogens is 202 g/mol. The first-order valence-electron chi connectivity index (χ1n) is 6.56. The number of hydrogen-bond acceptors (Lipinski definition) is 2. The van der Waals surface area contributed by atoms with Gasteiger partial charge < -0.3 is 5.11 Å². The van der Waals surface area contributed by atoms with Crippen LogP contribution in [0.15, 0.2) is 0 Å². The smallest absolute Gasteiger partial charge is 0.310 e. The maximum Gasteiger partial charge on any atom is 0.310 e. The molecule has 2 aliphatic rings. The number of carbonyl (C=O) groups is 1. The van der Waals surface area contributed by atoms with Crippen LogP contribution in [0.1, 0.15) is 46.0 Å². The van der Waals surface area contributed by atoms with Gasteiger partial charge in [-0.1, -0.05) is 6.92 Å². The predicted octanol–water partition coefficient (Wildman–Crippen LogP) is 2.36. The number of carboxylic acid groups (broad SMARTS) is 1. The van der Waals surface area contributed by atoms with Crippen molar-refractivity contribution in [3.05, 3.63) is 0 Å². The molecule has 2 rings (SSSR count). The summed E-state index contributed by atoms with van der Waals surface area (Å²) >= 11 is 0. The van der Waals surface area contributed by atoms with Crippen LogP contribution in [-0.4, -0.2) is 35.1 Å². The molecule has 1 aliphatic carbocycles. The van der Waals surface area contributed by atoms with Crippen LogP contribution >= 0.6 is 0 Å². The number of likely N-dealkylation sites (tertiary alicyclic amines) is 1. The van der Waals surface area contributed by atoms with Gasteiger partial charge in [-0.3, -0.25) is 9.69 Å². The van der Waals surface area contributed by atoms with Gasteiger partial charge in [0.15, 0.2) is 0 Å². The van der Waals surface area contributed by atoms with Gasteiger partial charge in [0.25, 0.3) is 0 Å². The van der Waals surface area contributed by atoms with E-state index in [4.69, 9.17) is 0 Å². The van der Waals surface area contributed by atoms with Gasteiger partial charge in [-0.05, 0) is 51.5 Å². The molecule has 0 aromatic heterocycles. The lowest BCUT2D eigenvalue weighted by molar-refractivity contribution is -0.153. The minimum absolute atomic E-state index is 0.471. The fourth-order valence-electron chi connectivity index (χ4n) is 3.01. The van der Waals surface area contributed by atoms with E-state index in [0.717, 1.165) is 38.3 Å². The van der Waals surface area contributed by atoms with Crippen molar-refractivity contribution in [3.63, 3.8) is 0 Å². The predicted molar refractivity (Wildman–Crippen MR) is 63.4 cm³/mol. The molecule has 0 bridgehead atoms. The van der Waals surface area contributed by atoms with Crippen LogP contribution in [0.2, 0.25) is 0 Å². The molecule has 0 radical (unpaired) electrons. The molecule has 1 saturated carbocycles. The van der Waals surface area contributed by atoms with E-state index in [9.17, 15) is 9.90 Å². The molecule has 0 spiro atoms. The third-order valence-corrected chi connectivity index (χ3v) is 4.62. The average molecular weight is 225 g/mol. The Morgan fingerprint density at radius 2 is 2.25 bits per heavy atom. The van der Waals surface area contributed by atoms with Crippen LogP contribution in [0.25, 0.3) is 0 Å². The first kappa shape index (κ1) is 11.9. The molecule has 2 unspecified atom stereocenters. The van der Waals surface area contributed by atoms with Crippen molar-refractivity contribution in [2.75, 3.05) is 13.1 Å². The molecule has 92 valence electrons. The van der Waals surface area contributed by atoms with Crippen LogP contribution in [0.5, 0.6) is 0 Å². The standard InChI is InChI=1S/C13H23NO2/c1-3-13(12(15)16)7-4-8-14(9-13)10(2)11-5-6-11/h10-11H,3-9H2,1-2H3,(H,15,16). The van der Waals surface area contributed by atoms with Gasteiger partial charge in [0.1, 0.15) is 0 Å². The molecule has 2 fully saturated rings. The third kappa shape index (κ3) is 2.10. The van der Waals surface area contributed by atoms with Gasteiger partial charge in [0.05, 0.1) is 5.41 Å². The molecule has 1 aliphatic heterocycles. The average Bonchev–Trinajstić information content (AvgIpc) is 3.11. The van der Waals surface area contributed by atoms with Gasteiger partial charge in [-0.25, -0.2) is 0 Å². The molecule has 3 heteroatoms. The van der Waals surface area contributed by atoms with Crippen molar-refractivity contribution in [1.82, 2.24) is 4.90 Å². The fraction of sp³-hybridized carbons (Fsp3) is 0.923. The summed E-state index contributed by atoms with van der Waals surface area (Å²) in [7, 11) is 0. The summed E-state index contributed by atoms with van der Waals surface area (Å²) in [4.78, 5) is 13.8. The summed E-state index contributed by atoms with van der Waals surface area (Å²) < 4.78 is 0. The first-order chi connectivity index (χ1) is 7.59. The number of carboxylic acids is 1. The molecule has 0 aromatic carbocycles. The molecule has 1 heterocycles. The SMILES string of the molecule is CCC1(C(=O)O)CCCN(C(C)C2CC2)C1. The quantitative estimate of drug-likeness (QED) is 0.798. The van der Waals surface area contributed by atoms with Crippen molar-refractivity contribution in [2.45, 2.75) is 52.0 Å². The molecule has 3 nitrogen and oxygen atoms in total. The number of aliphatic carboxylic acids is 1. The monoisotopic (exact) mass is 225 g/mol. The van der Waals surface area contributed by atoms with Gasteiger partial charge in [-0.2, -0.15) is 0 Å². The molecular formula is C13H23NO2. The molecule has 16 heavy (non-hydrogen) atoms. The lowest BCUT2D eigenvalue weighted by Gasteiger charge is -2.42. The molecule has 1 saturated heterocycles. The number of rotatable bonds is 4. The summed E-state index contributed by atoms with van der Waals surface area (Å²) in [6.07, 6.45) is 5.33. The maximum absolute atomic E-state index is 11.4. The Morgan fingerprint density at radius 3 is 2.75 bits per heavy atom. The van der Waals surface area contributed by atoms with Crippen LogP contribution in [0.3, 0.4) is 0 Å². The normalized spacial score (nSPS) is 33.6. The van der Waals surface area contributed by atoms with E-state index < -0.39 is 11.4 Å². The van der Waals surface area contributed by atoms with E-state index in [-0.39, 0.29) is 0 Å². The summed E-state index contributed by atoms with van der Waals surface area (Å²) in [6, 6.07) is 0.588. The second-order valence-electron chi connectivity index (χ2n) is 5.59. The van der Waals surface area contributed by atoms with Gasteiger partial charge >= 0.3 is 5.97 Å². The van der Waals surface area contributed by atoms with E-state index in [1.54, 1.807) is 0 Å². The summed E-state index contributed by atoms with van der Waals surface area (Å²) in [5.41, 5.74) is -0.471. The fourth-order valence-corrected chi connectivity index (χ4v) is 3.01. The van der Waals surface area contributed by atoms with Gasteiger partial charge in [-0.15, -0.1) is 0 Å². The number of hydrogen-bond donors (Lipinski definition) is 1. The summed E-state index contributed by atoms with van der Waals surface area (Å²) in [5.74, 6) is 0.240. The second kappa shape index (κ2) is 4.36. The van der Waals surface area contributed by atoms with Crippen molar-refractivity contribution in [1.29, 1.82) is 0 Å². The summed E-state index contributed by atoms with van der Waals surface area (Å²) in [5, 5.41) is 9.42. The number of piperidine rings is 1. The van der Waals surface area contributed by atoms with Crippen LogP contribution < -0.4 is 0 Å². The highest BCUT2D eigenvalue weighted by atomic mass is 16.4. The minimum Gasteiger partial charge on any atom is -0.481 e. The van der Waals surface area contributed by atoms with Crippen molar-refractivity contribution in [2.24, 2.45) is 11.3 Å². The lowest BCUT2D eigenvalue weighted by Crippen LogP contribution is -2.50. The van der Waals surface area contributed by atoms with Crippen LogP contribution in [0, 0.1) is 11.3 Å². The largest absolute Gasteiger partial charge is 0.481 e. The highest BCUT2D eigenvalue weighted by molar-refractivity contribution is 5.75. The first-order valence-corrected chi connectivity index (χ1v) is 6.56. The molecule has 0 amide bonds. The zero-order valence-electron chi connectivity index (χ0n) is 10.4.